The first-order valence-electron chi connectivity index (χ1n) is 14.1. The highest BCUT2D eigenvalue weighted by molar-refractivity contribution is 6.23. The summed E-state index contributed by atoms with van der Waals surface area (Å²) < 4.78 is 11.2. The van der Waals surface area contributed by atoms with Gasteiger partial charge in [0.1, 0.15) is 17.7 Å². The first-order valence-corrected chi connectivity index (χ1v) is 14.1. The number of carbonyl (C=O) groups excluding carboxylic acids is 5. The number of esters is 1. The molecule has 0 aromatic heterocycles. The number of hydrogen-bond donors (Lipinski definition) is 1. The van der Waals surface area contributed by atoms with Crippen LogP contribution in [0.15, 0.2) is 48.5 Å². The second kappa shape index (κ2) is 10.5. The van der Waals surface area contributed by atoms with Crippen LogP contribution in [0.5, 0.6) is 0 Å². The normalized spacial score (nSPS) is 30.5. The van der Waals surface area contributed by atoms with Crippen molar-refractivity contribution in [3.05, 3.63) is 65.2 Å². The summed E-state index contributed by atoms with van der Waals surface area (Å²) in [4.78, 5) is 70.7. The number of imide groups is 1. The first kappa shape index (κ1) is 31.1. The maximum absolute atomic E-state index is 15.1. The summed E-state index contributed by atoms with van der Waals surface area (Å²) in [7, 11) is 0. The Morgan fingerprint density at radius 2 is 1.64 bits per heavy atom. The molecule has 1 N–H and O–H groups in total. The zero-order valence-corrected chi connectivity index (χ0v) is 25.4. The molecule has 1 spiro atoms. The van der Waals surface area contributed by atoms with Crippen molar-refractivity contribution >= 4 is 35.7 Å². The van der Waals surface area contributed by atoms with Crippen LogP contribution in [0.25, 0.3) is 0 Å². The maximum Gasteiger partial charge on any atom is 0.421 e. The number of benzene rings is 2. The molecule has 42 heavy (non-hydrogen) atoms. The summed E-state index contributed by atoms with van der Waals surface area (Å²) >= 11 is 0. The van der Waals surface area contributed by atoms with Crippen molar-refractivity contribution in [3.63, 3.8) is 0 Å². The van der Waals surface area contributed by atoms with Gasteiger partial charge in [0, 0.05) is 5.92 Å². The third-order valence-electron chi connectivity index (χ3n) is 9.14. The lowest BCUT2D eigenvalue weighted by molar-refractivity contribution is -0.207. The molecule has 1 aliphatic carbocycles. The summed E-state index contributed by atoms with van der Waals surface area (Å²) in [6.45, 7) is 12.4. The Hall–Kier alpha value is -3.85. The van der Waals surface area contributed by atoms with E-state index in [4.69, 9.17) is 9.47 Å². The van der Waals surface area contributed by atoms with E-state index >= 15 is 4.79 Å². The summed E-state index contributed by atoms with van der Waals surface area (Å²) in [5, 5.41) is 12.2. The predicted molar refractivity (Wildman–Crippen MR) is 155 cm³/mol. The van der Waals surface area contributed by atoms with Gasteiger partial charge in [-0.1, -0.05) is 48.0 Å². The van der Waals surface area contributed by atoms with E-state index in [1.165, 1.54) is 20.8 Å². The van der Waals surface area contributed by atoms with Gasteiger partial charge in [-0.25, -0.2) is 9.69 Å². The number of ketones is 1. The fourth-order valence-corrected chi connectivity index (χ4v) is 7.04. The number of fused-ring (bicyclic) bond motifs is 2. The molecule has 2 aliphatic rings. The van der Waals surface area contributed by atoms with Crippen LogP contribution in [0.4, 0.5) is 10.5 Å². The Balaban J connectivity index is 2.22. The quantitative estimate of drug-likeness (QED) is 0.402. The Bertz CT molecular complexity index is 1440. The van der Waals surface area contributed by atoms with Crippen LogP contribution >= 0.6 is 0 Å². The average Bonchev–Trinajstić information content (AvgIpc) is 3.14. The highest BCUT2D eigenvalue weighted by Crippen LogP contribution is 2.68. The summed E-state index contributed by atoms with van der Waals surface area (Å²) in [6, 6.07) is 13.6. The third-order valence-corrected chi connectivity index (χ3v) is 9.14. The van der Waals surface area contributed by atoms with E-state index in [1.807, 2.05) is 6.92 Å². The standard InChI is InChI=1S/C33H39NO8/c1-9-41-27(37)26-31(7,20(3)36)32(8,40)23(18-35)25(21-16-14-19(2)15-17-21)33(26)22-12-10-11-13-24(22)34(28(33)38)29(39)42-30(4,5)6/h10-18,23,25-26,40H,9H2,1-8H3/t23-,25-,26+,31+,32-,33-/m0/s1. The fourth-order valence-electron chi connectivity index (χ4n) is 7.04. The molecular weight excluding hydrogens is 538 g/mol. The maximum atomic E-state index is 15.1. The molecule has 1 aliphatic heterocycles. The molecule has 0 bridgehead atoms. The molecule has 6 atom stereocenters. The first-order chi connectivity index (χ1) is 19.5. The van der Waals surface area contributed by atoms with Gasteiger partial charge in [-0.2, -0.15) is 0 Å². The number of aldehydes is 1. The highest BCUT2D eigenvalue weighted by Gasteiger charge is 2.78. The monoisotopic (exact) mass is 577 g/mol. The molecular formula is C33H39NO8. The molecule has 9 heteroatoms. The molecule has 0 saturated heterocycles. The third kappa shape index (κ3) is 4.28. The molecule has 9 nitrogen and oxygen atoms in total. The lowest BCUT2D eigenvalue weighted by Crippen LogP contribution is -2.73. The molecule has 4 rings (SSSR count). The summed E-state index contributed by atoms with van der Waals surface area (Å²) in [5.74, 6) is -6.49. The number of amides is 2. The van der Waals surface area contributed by atoms with Crippen molar-refractivity contribution in [3.8, 4) is 0 Å². The number of Topliss-reactive ketones (excluding diaryl/α,β-unsaturated/α-hetero) is 1. The van der Waals surface area contributed by atoms with E-state index in [1.54, 1.807) is 76.2 Å². The van der Waals surface area contributed by atoms with E-state index < -0.39 is 63.5 Å². The van der Waals surface area contributed by atoms with E-state index in [0.717, 1.165) is 10.5 Å². The second-order valence-corrected chi connectivity index (χ2v) is 12.6. The van der Waals surface area contributed by atoms with Crippen molar-refractivity contribution in [2.24, 2.45) is 17.3 Å². The zero-order valence-electron chi connectivity index (χ0n) is 25.4. The van der Waals surface area contributed by atoms with Crippen LogP contribution in [0.2, 0.25) is 0 Å². The zero-order chi connectivity index (χ0) is 31.4. The number of aryl methyl sites for hydroxylation is 1. The van der Waals surface area contributed by atoms with Gasteiger partial charge in [0.25, 0.3) is 0 Å². The molecule has 224 valence electrons. The van der Waals surface area contributed by atoms with Gasteiger partial charge < -0.3 is 19.4 Å². The van der Waals surface area contributed by atoms with Gasteiger partial charge in [0.2, 0.25) is 5.91 Å². The minimum absolute atomic E-state index is 0.0700. The Kier molecular flexibility index (Phi) is 7.74. The predicted octanol–water partition coefficient (Wildman–Crippen LogP) is 4.65. The van der Waals surface area contributed by atoms with Crippen LogP contribution in [-0.4, -0.2) is 53.0 Å². The minimum Gasteiger partial charge on any atom is -0.466 e. The van der Waals surface area contributed by atoms with Gasteiger partial charge in [-0.3, -0.25) is 14.4 Å². The van der Waals surface area contributed by atoms with E-state index in [0.29, 0.717) is 11.8 Å². The number of aliphatic hydroxyl groups is 1. The number of para-hydroxylation sites is 1. The smallest absolute Gasteiger partial charge is 0.421 e. The van der Waals surface area contributed by atoms with Crippen LogP contribution in [0, 0.1) is 24.2 Å². The van der Waals surface area contributed by atoms with E-state index in [2.05, 4.69) is 0 Å². The lowest BCUT2D eigenvalue weighted by atomic mass is 9.40. The SMILES string of the molecule is CCOC(=O)[C@H]1[C@@]2(C(=O)N(C(=O)OC(C)(C)C)c3ccccc32)[C@@H](c2ccc(C)cc2)[C@H](C=O)[C@](C)(O)[C@]1(C)C(C)=O. The number of hydrogen-bond acceptors (Lipinski definition) is 8. The molecule has 0 radical (unpaired) electrons. The number of nitrogens with zero attached hydrogens (tertiary/aromatic N) is 1. The Morgan fingerprint density at radius 1 is 1.05 bits per heavy atom. The number of rotatable bonds is 5. The van der Waals surface area contributed by atoms with Crippen LogP contribution in [-0.2, 0) is 34.1 Å². The van der Waals surface area contributed by atoms with Crippen molar-refractivity contribution in [1.29, 1.82) is 0 Å². The van der Waals surface area contributed by atoms with Crippen LogP contribution < -0.4 is 4.90 Å². The fraction of sp³-hybridized carbons (Fsp3) is 0.485. The Labute approximate surface area is 246 Å². The van der Waals surface area contributed by atoms with Crippen molar-refractivity contribution in [1.82, 2.24) is 0 Å². The van der Waals surface area contributed by atoms with Gasteiger partial charge in [-0.15, -0.1) is 0 Å². The van der Waals surface area contributed by atoms with E-state index in [-0.39, 0.29) is 17.9 Å². The summed E-state index contributed by atoms with van der Waals surface area (Å²) in [5.41, 5.74) is -5.25. The van der Waals surface area contributed by atoms with Gasteiger partial charge in [-0.05, 0) is 72.6 Å². The van der Waals surface area contributed by atoms with Gasteiger partial charge >= 0.3 is 12.1 Å². The van der Waals surface area contributed by atoms with Gasteiger partial charge in [0.15, 0.2) is 0 Å². The molecule has 0 unspecified atom stereocenters. The molecule has 1 fully saturated rings. The largest absolute Gasteiger partial charge is 0.466 e. The minimum atomic E-state index is -2.10. The van der Waals surface area contributed by atoms with E-state index in [9.17, 15) is 24.3 Å². The van der Waals surface area contributed by atoms with Gasteiger partial charge in [0.05, 0.1) is 40.6 Å². The Morgan fingerprint density at radius 3 is 2.17 bits per heavy atom. The molecule has 1 saturated carbocycles. The highest BCUT2D eigenvalue weighted by atomic mass is 16.6. The topological polar surface area (TPSA) is 127 Å². The summed E-state index contributed by atoms with van der Waals surface area (Å²) in [6.07, 6.45) is -0.424. The molecule has 1 heterocycles. The molecule has 2 aromatic carbocycles. The number of anilines is 1. The average molecular weight is 578 g/mol. The molecule has 2 amide bonds. The molecule has 2 aromatic rings. The number of carbonyl (C=O) groups is 5. The second-order valence-electron chi connectivity index (χ2n) is 12.6. The lowest BCUT2D eigenvalue weighted by Gasteiger charge is -2.61. The van der Waals surface area contributed by atoms with Crippen molar-refractivity contribution in [2.45, 2.75) is 77.9 Å². The van der Waals surface area contributed by atoms with Crippen LogP contribution in [0.1, 0.15) is 71.1 Å². The van der Waals surface area contributed by atoms with Crippen LogP contribution in [0.3, 0.4) is 0 Å². The van der Waals surface area contributed by atoms with Crippen molar-refractivity contribution < 1.29 is 38.6 Å². The number of ether oxygens (including phenoxy) is 2. The van der Waals surface area contributed by atoms with Crippen molar-refractivity contribution in [2.75, 3.05) is 11.5 Å².